The Labute approximate surface area is 193 Å². The Hall–Kier alpha value is -3.65. The first kappa shape index (κ1) is 22.5. The van der Waals surface area contributed by atoms with Crippen LogP contribution in [0.1, 0.15) is 31.8 Å². The topological polar surface area (TPSA) is 74.7 Å². The van der Waals surface area contributed by atoms with Crippen LogP contribution in [0.25, 0.3) is 0 Å². The number of hydrogen-bond acceptors (Lipinski definition) is 5. The molecule has 1 N–H and O–H groups in total. The fraction of sp³-hybridized carbons (Fsp3) is 0.167. The quantitative estimate of drug-likeness (QED) is 0.545. The van der Waals surface area contributed by atoms with Crippen LogP contribution in [0, 0.1) is 11.6 Å². The van der Waals surface area contributed by atoms with Gasteiger partial charge in [-0.1, -0.05) is 35.9 Å². The molecule has 0 saturated heterocycles. The average molecular weight is 469 g/mol. The molecule has 168 valence electrons. The molecule has 1 aliphatic heterocycles. The van der Waals surface area contributed by atoms with Crippen molar-refractivity contribution in [2.24, 2.45) is 4.99 Å². The van der Waals surface area contributed by atoms with Gasteiger partial charge in [0.1, 0.15) is 11.7 Å². The van der Waals surface area contributed by atoms with Gasteiger partial charge in [0.15, 0.2) is 17.4 Å². The van der Waals surface area contributed by atoms with Crippen molar-refractivity contribution in [3.8, 4) is 0 Å². The number of carbonyl (C=O) groups excluding carboxylic acids is 2. The van der Waals surface area contributed by atoms with Gasteiger partial charge in [0, 0.05) is 42.9 Å². The van der Waals surface area contributed by atoms with E-state index in [1.54, 1.807) is 24.3 Å². The van der Waals surface area contributed by atoms with Crippen molar-refractivity contribution in [2.75, 3.05) is 25.5 Å². The van der Waals surface area contributed by atoms with Crippen LogP contribution in [-0.2, 0) is 6.42 Å². The standard InChI is InChI=1S/C24H19ClF2N4O2/c1-31-9-8-28-23(31)15-4-2-14(3-5-15)21(32)11-16-10-19(26)20(27)12-18(16)24(33)30-22-7-6-17(25)13-29-22/h2-7,10,12-13H,8-9,11H2,1H3,(H,29,30,33). The third-order valence-corrected chi connectivity index (χ3v) is 5.46. The van der Waals surface area contributed by atoms with Crippen LogP contribution >= 0.6 is 11.6 Å². The van der Waals surface area contributed by atoms with Crippen LogP contribution in [0.4, 0.5) is 14.6 Å². The molecule has 0 aliphatic carbocycles. The second kappa shape index (κ2) is 9.46. The largest absolute Gasteiger partial charge is 0.358 e. The molecule has 0 spiro atoms. The molecule has 33 heavy (non-hydrogen) atoms. The van der Waals surface area contributed by atoms with Gasteiger partial charge >= 0.3 is 0 Å². The predicted octanol–water partition coefficient (Wildman–Crippen LogP) is 4.38. The Kier molecular flexibility index (Phi) is 6.46. The lowest BCUT2D eigenvalue weighted by molar-refractivity contribution is 0.0992. The number of aliphatic imine (C=N–C) groups is 1. The zero-order chi connectivity index (χ0) is 23.5. The Morgan fingerprint density at radius 3 is 2.45 bits per heavy atom. The van der Waals surface area contributed by atoms with Crippen LogP contribution < -0.4 is 5.32 Å². The monoisotopic (exact) mass is 468 g/mol. The molecular formula is C24H19ClF2N4O2. The van der Waals surface area contributed by atoms with E-state index in [9.17, 15) is 18.4 Å². The van der Waals surface area contributed by atoms with E-state index in [1.165, 1.54) is 18.3 Å². The molecule has 2 aromatic carbocycles. The molecule has 0 unspecified atom stereocenters. The number of benzene rings is 2. The maximum atomic E-state index is 13.9. The first-order valence-corrected chi connectivity index (χ1v) is 10.5. The van der Waals surface area contributed by atoms with E-state index in [-0.39, 0.29) is 29.1 Å². The molecule has 4 rings (SSSR count). The van der Waals surface area contributed by atoms with E-state index >= 15 is 0 Å². The lowest BCUT2D eigenvalue weighted by atomic mass is 9.97. The number of amidine groups is 1. The Bertz CT molecular complexity index is 1240. The minimum absolute atomic E-state index is 0.0642. The number of nitrogens with one attached hydrogen (secondary N) is 1. The van der Waals surface area contributed by atoms with Crippen molar-refractivity contribution >= 4 is 34.9 Å². The van der Waals surface area contributed by atoms with Gasteiger partial charge in [0.2, 0.25) is 0 Å². The summed E-state index contributed by atoms with van der Waals surface area (Å²) in [6.07, 6.45) is 1.06. The average Bonchev–Trinajstić information content (AvgIpc) is 3.23. The molecule has 1 aliphatic rings. The van der Waals surface area contributed by atoms with Gasteiger partial charge in [-0.05, 0) is 29.8 Å². The molecule has 6 nitrogen and oxygen atoms in total. The van der Waals surface area contributed by atoms with Gasteiger partial charge < -0.3 is 10.2 Å². The number of nitrogens with zero attached hydrogens (tertiary/aromatic N) is 3. The lowest BCUT2D eigenvalue weighted by Crippen LogP contribution is -2.23. The van der Waals surface area contributed by atoms with Gasteiger partial charge in [-0.2, -0.15) is 0 Å². The summed E-state index contributed by atoms with van der Waals surface area (Å²) in [4.78, 5) is 36.0. The highest BCUT2D eigenvalue weighted by molar-refractivity contribution is 6.30. The summed E-state index contributed by atoms with van der Waals surface area (Å²) in [5.74, 6) is -2.36. The highest BCUT2D eigenvalue weighted by Gasteiger charge is 2.20. The van der Waals surface area contributed by atoms with Crippen molar-refractivity contribution in [3.05, 3.63) is 93.6 Å². The molecule has 1 aromatic heterocycles. The van der Waals surface area contributed by atoms with E-state index in [2.05, 4.69) is 15.3 Å². The maximum Gasteiger partial charge on any atom is 0.257 e. The Morgan fingerprint density at radius 2 is 1.82 bits per heavy atom. The number of aromatic nitrogens is 1. The van der Waals surface area contributed by atoms with Crippen LogP contribution in [-0.4, -0.2) is 47.5 Å². The molecule has 9 heteroatoms. The molecule has 0 saturated carbocycles. The number of anilines is 1. The molecule has 0 atom stereocenters. The Balaban J connectivity index is 1.55. The smallest absolute Gasteiger partial charge is 0.257 e. The number of rotatable bonds is 6. The summed E-state index contributed by atoms with van der Waals surface area (Å²) in [6, 6.07) is 11.5. The number of Topliss-reactive ketones (excluding diaryl/α,β-unsaturated/α-hetero) is 1. The van der Waals surface area contributed by atoms with Crippen molar-refractivity contribution in [3.63, 3.8) is 0 Å². The molecule has 0 fully saturated rings. The van der Waals surface area contributed by atoms with Crippen LogP contribution in [0.5, 0.6) is 0 Å². The van der Waals surface area contributed by atoms with E-state index < -0.39 is 17.5 Å². The van der Waals surface area contributed by atoms with Gasteiger partial charge in [-0.15, -0.1) is 0 Å². The van der Waals surface area contributed by atoms with Crippen LogP contribution in [0.2, 0.25) is 5.02 Å². The summed E-state index contributed by atoms with van der Waals surface area (Å²) in [7, 11) is 1.94. The molecular weight excluding hydrogens is 450 g/mol. The minimum Gasteiger partial charge on any atom is -0.358 e. The summed E-state index contributed by atoms with van der Waals surface area (Å²) < 4.78 is 27.9. The van der Waals surface area contributed by atoms with Gasteiger partial charge in [-0.3, -0.25) is 14.6 Å². The van der Waals surface area contributed by atoms with Gasteiger partial charge in [-0.25, -0.2) is 13.8 Å². The fourth-order valence-electron chi connectivity index (χ4n) is 3.50. The fourth-order valence-corrected chi connectivity index (χ4v) is 3.62. The summed E-state index contributed by atoms with van der Waals surface area (Å²) >= 11 is 5.79. The van der Waals surface area contributed by atoms with Crippen molar-refractivity contribution < 1.29 is 18.4 Å². The maximum absolute atomic E-state index is 13.9. The van der Waals surface area contributed by atoms with Crippen LogP contribution in [0.3, 0.4) is 0 Å². The van der Waals surface area contributed by atoms with Crippen molar-refractivity contribution in [1.29, 1.82) is 0 Å². The van der Waals surface area contributed by atoms with Crippen molar-refractivity contribution in [2.45, 2.75) is 6.42 Å². The zero-order valence-corrected chi connectivity index (χ0v) is 18.4. The third kappa shape index (κ3) is 5.06. The van der Waals surface area contributed by atoms with Crippen molar-refractivity contribution in [1.82, 2.24) is 9.88 Å². The Morgan fingerprint density at radius 1 is 1.09 bits per heavy atom. The first-order chi connectivity index (χ1) is 15.8. The van der Waals surface area contributed by atoms with E-state index in [0.717, 1.165) is 36.6 Å². The number of amides is 1. The predicted molar refractivity (Wildman–Crippen MR) is 122 cm³/mol. The molecule has 2 heterocycles. The van der Waals surface area contributed by atoms with Gasteiger partial charge in [0.05, 0.1) is 11.6 Å². The summed E-state index contributed by atoms with van der Waals surface area (Å²) in [5, 5.41) is 2.88. The van der Waals surface area contributed by atoms with Crippen LogP contribution in [0.15, 0.2) is 59.7 Å². The number of halogens is 3. The second-order valence-electron chi connectivity index (χ2n) is 7.54. The number of hydrogen-bond donors (Lipinski definition) is 1. The number of ketones is 1. The molecule has 3 aromatic rings. The normalized spacial score (nSPS) is 13.1. The number of pyridine rings is 1. The van der Waals surface area contributed by atoms with E-state index in [1.807, 2.05) is 11.9 Å². The number of carbonyl (C=O) groups is 2. The zero-order valence-electron chi connectivity index (χ0n) is 17.6. The molecule has 0 bridgehead atoms. The summed E-state index contributed by atoms with van der Waals surface area (Å²) in [6.45, 7) is 1.56. The highest BCUT2D eigenvalue weighted by Crippen LogP contribution is 2.20. The number of likely N-dealkylation sites (N-methyl/N-ethyl adjacent to an activating group) is 1. The van der Waals surface area contributed by atoms with Gasteiger partial charge in [0.25, 0.3) is 5.91 Å². The van der Waals surface area contributed by atoms with E-state index in [4.69, 9.17) is 11.6 Å². The minimum atomic E-state index is -1.19. The molecule has 0 radical (unpaired) electrons. The van der Waals surface area contributed by atoms with E-state index in [0.29, 0.717) is 10.6 Å². The third-order valence-electron chi connectivity index (χ3n) is 5.23. The SMILES string of the molecule is CN1CCN=C1c1ccc(C(=O)Cc2cc(F)c(F)cc2C(=O)Nc2ccc(Cl)cn2)cc1. The summed E-state index contributed by atoms with van der Waals surface area (Å²) in [5.41, 5.74) is 1.18. The second-order valence-corrected chi connectivity index (χ2v) is 7.98. The first-order valence-electron chi connectivity index (χ1n) is 10.1. The molecule has 1 amide bonds. The lowest BCUT2D eigenvalue weighted by Gasteiger charge is -2.14. The highest BCUT2D eigenvalue weighted by atomic mass is 35.5.